The molecule has 0 bridgehead atoms. The molecule has 0 radical (unpaired) electrons. The van der Waals surface area contributed by atoms with Crippen molar-refractivity contribution in [3.05, 3.63) is 0 Å². The number of amides is 2. The first kappa shape index (κ1) is 14.8. The largest absolute Gasteiger partial charge is 0.480 e. The molecular formula is C12H22N2O4. The van der Waals surface area contributed by atoms with Crippen LogP contribution in [0.3, 0.4) is 0 Å². The quantitative estimate of drug-likeness (QED) is 0.515. The fourth-order valence-electron chi connectivity index (χ4n) is 2.09. The van der Waals surface area contributed by atoms with E-state index in [1.54, 1.807) is 0 Å². The summed E-state index contributed by atoms with van der Waals surface area (Å²) in [5.74, 6) is -1.13. The number of carbonyl (C=O) groups excluding carboxylic acids is 1. The van der Waals surface area contributed by atoms with Crippen LogP contribution in [0.1, 0.15) is 39.0 Å². The molecule has 0 unspecified atom stereocenters. The average molecular weight is 258 g/mol. The van der Waals surface area contributed by atoms with E-state index in [9.17, 15) is 9.59 Å². The molecule has 18 heavy (non-hydrogen) atoms. The van der Waals surface area contributed by atoms with E-state index in [4.69, 9.17) is 10.2 Å². The van der Waals surface area contributed by atoms with Gasteiger partial charge < -0.3 is 20.8 Å². The number of rotatable bonds is 8. The molecule has 1 aliphatic rings. The van der Waals surface area contributed by atoms with Crippen molar-refractivity contribution in [1.82, 2.24) is 10.6 Å². The standard InChI is InChI=1S/C12H22N2O4/c1-2-4-12(5-6-12)8-13-11(18)14-9(3-7-15)10(16)17/h9,15H,2-8H2,1H3,(H,16,17)(H2,13,14,18)/t9-/m1/s1. The number of aliphatic hydroxyl groups excluding tert-OH is 1. The van der Waals surface area contributed by atoms with Crippen molar-refractivity contribution in [3.63, 3.8) is 0 Å². The summed E-state index contributed by atoms with van der Waals surface area (Å²) >= 11 is 0. The van der Waals surface area contributed by atoms with E-state index >= 15 is 0 Å². The van der Waals surface area contributed by atoms with Crippen LogP contribution in [0.5, 0.6) is 0 Å². The zero-order chi connectivity index (χ0) is 13.6. The number of aliphatic carboxylic acids is 1. The Morgan fingerprint density at radius 3 is 2.50 bits per heavy atom. The van der Waals surface area contributed by atoms with Gasteiger partial charge in [0.05, 0.1) is 0 Å². The third-order valence-corrected chi connectivity index (χ3v) is 3.38. The zero-order valence-corrected chi connectivity index (χ0v) is 10.7. The minimum atomic E-state index is -1.13. The highest BCUT2D eigenvalue weighted by molar-refractivity contribution is 5.82. The molecule has 4 N–H and O–H groups in total. The lowest BCUT2D eigenvalue weighted by Gasteiger charge is -2.17. The monoisotopic (exact) mass is 258 g/mol. The zero-order valence-electron chi connectivity index (χ0n) is 10.7. The fourth-order valence-corrected chi connectivity index (χ4v) is 2.09. The van der Waals surface area contributed by atoms with E-state index in [0.29, 0.717) is 6.54 Å². The predicted octanol–water partition coefficient (Wildman–Crippen LogP) is 0.701. The molecule has 0 spiro atoms. The maximum atomic E-state index is 11.5. The Labute approximate surface area is 107 Å². The molecule has 1 fully saturated rings. The second-order valence-electron chi connectivity index (χ2n) is 4.98. The van der Waals surface area contributed by atoms with Gasteiger partial charge in [0.2, 0.25) is 0 Å². The van der Waals surface area contributed by atoms with Crippen LogP contribution in [0.15, 0.2) is 0 Å². The Balaban J connectivity index is 2.30. The van der Waals surface area contributed by atoms with E-state index in [1.165, 1.54) is 0 Å². The molecule has 0 heterocycles. The number of hydrogen-bond donors (Lipinski definition) is 4. The second-order valence-corrected chi connectivity index (χ2v) is 4.98. The fraction of sp³-hybridized carbons (Fsp3) is 0.833. The number of hydrogen-bond acceptors (Lipinski definition) is 3. The smallest absolute Gasteiger partial charge is 0.326 e. The van der Waals surface area contributed by atoms with Gasteiger partial charge in [0.15, 0.2) is 0 Å². The van der Waals surface area contributed by atoms with Gasteiger partial charge >= 0.3 is 12.0 Å². The van der Waals surface area contributed by atoms with Crippen LogP contribution in [0.4, 0.5) is 4.79 Å². The van der Waals surface area contributed by atoms with E-state index < -0.39 is 18.0 Å². The van der Waals surface area contributed by atoms with Crippen molar-refractivity contribution in [1.29, 1.82) is 0 Å². The Kier molecular flexibility index (Phi) is 5.40. The highest BCUT2D eigenvalue weighted by atomic mass is 16.4. The van der Waals surface area contributed by atoms with Crippen LogP contribution >= 0.6 is 0 Å². The van der Waals surface area contributed by atoms with Gasteiger partial charge in [-0.15, -0.1) is 0 Å². The van der Waals surface area contributed by atoms with Crippen molar-refractivity contribution in [2.75, 3.05) is 13.2 Å². The molecule has 0 aliphatic heterocycles. The summed E-state index contributed by atoms with van der Waals surface area (Å²) in [5, 5.41) is 22.6. The van der Waals surface area contributed by atoms with Gasteiger partial charge in [0.1, 0.15) is 6.04 Å². The number of carboxylic acids is 1. The van der Waals surface area contributed by atoms with E-state index in [0.717, 1.165) is 25.7 Å². The Morgan fingerprint density at radius 1 is 1.39 bits per heavy atom. The number of carbonyl (C=O) groups is 2. The van der Waals surface area contributed by atoms with Gasteiger partial charge in [-0.1, -0.05) is 13.3 Å². The van der Waals surface area contributed by atoms with Crippen molar-refractivity contribution in [2.24, 2.45) is 5.41 Å². The highest BCUT2D eigenvalue weighted by Gasteiger charge is 2.41. The first-order chi connectivity index (χ1) is 8.53. The molecule has 6 heteroatoms. The normalized spacial score (nSPS) is 17.9. The number of urea groups is 1. The SMILES string of the molecule is CCCC1(CNC(=O)N[C@H](CCO)C(=O)O)CC1. The molecular weight excluding hydrogens is 236 g/mol. The minimum absolute atomic E-state index is 0.0167. The average Bonchev–Trinajstić information content (AvgIpc) is 3.07. The molecule has 1 atom stereocenters. The third kappa shape index (κ3) is 4.52. The number of carboxylic acid groups (broad SMARTS) is 1. The molecule has 1 aliphatic carbocycles. The summed E-state index contributed by atoms with van der Waals surface area (Å²) in [5.41, 5.74) is 0.238. The molecule has 104 valence electrons. The van der Waals surface area contributed by atoms with Crippen LogP contribution < -0.4 is 10.6 Å². The van der Waals surface area contributed by atoms with Crippen LogP contribution in [0.25, 0.3) is 0 Å². The van der Waals surface area contributed by atoms with Crippen molar-refractivity contribution < 1.29 is 19.8 Å². The molecule has 0 saturated heterocycles. The van der Waals surface area contributed by atoms with Crippen LogP contribution in [0, 0.1) is 5.41 Å². The highest BCUT2D eigenvalue weighted by Crippen LogP contribution is 2.48. The van der Waals surface area contributed by atoms with Crippen LogP contribution in [-0.4, -0.2) is 41.4 Å². The summed E-state index contributed by atoms with van der Waals surface area (Å²) < 4.78 is 0. The van der Waals surface area contributed by atoms with Gasteiger partial charge in [-0.2, -0.15) is 0 Å². The number of aliphatic hydroxyl groups is 1. The van der Waals surface area contributed by atoms with Gasteiger partial charge in [0.25, 0.3) is 0 Å². The van der Waals surface area contributed by atoms with E-state index in [1.807, 2.05) is 0 Å². The minimum Gasteiger partial charge on any atom is -0.480 e. The van der Waals surface area contributed by atoms with E-state index in [-0.39, 0.29) is 18.4 Å². The van der Waals surface area contributed by atoms with Crippen molar-refractivity contribution in [3.8, 4) is 0 Å². The van der Waals surface area contributed by atoms with Crippen LogP contribution in [-0.2, 0) is 4.79 Å². The van der Waals surface area contributed by atoms with Crippen molar-refractivity contribution in [2.45, 2.75) is 45.1 Å². The van der Waals surface area contributed by atoms with Crippen molar-refractivity contribution >= 4 is 12.0 Å². The Morgan fingerprint density at radius 2 is 2.06 bits per heavy atom. The van der Waals surface area contributed by atoms with Gasteiger partial charge in [-0.3, -0.25) is 0 Å². The second kappa shape index (κ2) is 6.58. The molecule has 2 amide bonds. The summed E-state index contributed by atoms with van der Waals surface area (Å²) in [6.07, 6.45) is 4.45. The predicted molar refractivity (Wildman–Crippen MR) is 66.2 cm³/mol. The van der Waals surface area contributed by atoms with E-state index in [2.05, 4.69) is 17.6 Å². The lowest BCUT2D eigenvalue weighted by Crippen LogP contribution is -2.47. The topological polar surface area (TPSA) is 98.7 Å². The molecule has 1 saturated carbocycles. The maximum absolute atomic E-state index is 11.5. The van der Waals surface area contributed by atoms with Gasteiger partial charge in [-0.25, -0.2) is 9.59 Å². The van der Waals surface area contributed by atoms with Crippen LogP contribution in [0.2, 0.25) is 0 Å². The number of nitrogens with one attached hydrogen (secondary N) is 2. The lowest BCUT2D eigenvalue weighted by atomic mass is 10.0. The summed E-state index contributed by atoms with van der Waals surface area (Å²) in [6, 6.07) is -1.51. The molecule has 1 rings (SSSR count). The maximum Gasteiger partial charge on any atom is 0.326 e. The molecule has 0 aromatic rings. The summed E-state index contributed by atoms with van der Waals surface area (Å²) in [7, 11) is 0. The molecule has 0 aromatic carbocycles. The van der Waals surface area contributed by atoms with Gasteiger partial charge in [-0.05, 0) is 24.7 Å². The lowest BCUT2D eigenvalue weighted by molar-refractivity contribution is -0.139. The Bertz CT molecular complexity index is 302. The van der Waals surface area contributed by atoms with Gasteiger partial charge in [0, 0.05) is 19.6 Å². The first-order valence-corrected chi connectivity index (χ1v) is 6.41. The summed E-state index contributed by atoms with van der Waals surface area (Å²) in [4.78, 5) is 22.3. The summed E-state index contributed by atoms with van der Waals surface area (Å²) in [6.45, 7) is 2.44. The Hall–Kier alpha value is -1.30. The first-order valence-electron chi connectivity index (χ1n) is 6.41. The molecule has 0 aromatic heterocycles. The third-order valence-electron chi connectivity index (χ3n) is 3.38. The molecule has 6 nitrogen and oxygen atoms in total.